The first-order chi connectivity index (χ1) is 9.56. The van der Waals surface area contributed by atoms with E-state index in [1.807, 2.05) is 12.1 Å². The molecule has 20 heavy (non-hydrogen) atoms. The second-order valence-electron chi connectivity index (χ2n) is 4.17. The fraction of sp³-hybridized carbons (Fsp3) is 0.143. The van der Waals surface area contributed by atoms with Gasteiger partial charge in [-0.3, -0.25) is 0 Å². The molecule has 0 unspecified atom stereocenters. The molecule has 0 aromatic heterocycles. The predicted molar refractivity (Wildman–Crippen MR) is 76.9 cm³/mol. The van der Waals surface area contributed by atoms with Crippen molar-refractivity contribution in [3.63, 3.8) is 0 Å². The summed E-state index contributed by atoms with van der Waals surface area (Å²) in [6, 6.07) is 7.15. The van der Waals surface area contributed by atoms with Gasteiger partial charge in [0.05, 0.1) is 5.69 Å². The Bertz CT molecular complexity index is 590. The lowest BCUT2D eigenvalue weighted by atomic mass is 10.00. The largest absolute Gasteiger partial charge is 0.478 e. The van der Waals surface area contributed by atoms with Crippen molar-refractivity contribution in [2.24, 2.45) is 0 Å². The average Bonchev–Trinajstić information content (AvgIpc) is 2.46. The number of anilines is 1. The van der Waals surface area contributed by atoms with Crippen LogP contribution in [-0.4, -0.2) is 17.0 Å². The molecule has 2 N–H and O–H groups in total. The quantitative estimate of drug-likeness (QED) is 0.826. The van der Waals surface area contributed by atoms with Gasteiger partial charge in [0.25, 0.3) is 0 Å². The standard InChI is InChI=1S/C14H12BrNO4/c15-11-5-7-12(8-6-11)16-20-14(19)10-3-1-9(2-4-10)13(17)18/h1,4-8,16H,2-3H2,(H,17,18). The molecule has 2 rings (SSSR count). The zero-order valence-corrected chi connectivity index (χ0v) is 12.0. The molecule has 0 heterocycles. The molecule has 0 spiro atoms. The smallest absolute Gasteiger partial charge is 0.358 e. The number of carbonyl (C=O) groups is 2. The number of hydrogen-bond acceptors (Lipinski definition) is 4. The van der Waals surface area contributed by atoms with Crippen molar-refractivity contribution in [1.29, 1.82) is 0 Å². The molecule has 0 saturated heterocycles. The summed E-state index contributed by atoms with van der Waals surface area (Å²) in [5.74, 6) is -1.46. The lowest BCUT2D eigenvalue weighted by Gasteiger charge is -2.11. The Hall–Kier alpha value is -2.08. The Kier molecular flexibility index (Phi) is 4.57. The van der Waals surface area contributed by atoms with Crippen LogP contribution in [0.4, 0.5) is 5.69 Å². The fourth-order valence-corrected chi connectivity index (χ4v) is 1.93. The third kappa shape index (κ3) is 3.71. The minimum atomic E-state index is -0.957. The number of carbonyl (C=O) groups excluding carboxylic acids is 1. The zero-order valence-electron chi connectivity index (χ0n) is 10.4. The summed E-state index contributed by atoms with van der Waals surface area (Å²) >= 11 is 3.31. The molecule has 0 fully saturated rings. The average molecular weight is 338 g/mol. The molecule has 1 aliphatic rings. The predicted octanol–water partition coefficient (Wildman–Crippen LogP) is 3.05. The Morgan fingerprint density at radius 1 is 1.10 bits per heavy atom. The van der Waals surface area contributed by atoms with Gasteiger partial charge in [-0.05, 0) is 37.1 Å². The molecular formula is C14H12BrNO4. The number of hydrogen-bond donors (Lipinski definition) is 2. The number of carboxylic acids is 1. The Balaban J connectivity index is 1.87. The number of allylic oxidation sites excluding steroid dienone is 2. The van der Waals surface area contributed by atoms with Crippen molar-refractivity contribution in [2.45, 2.75) is 12.8 Å². The monoisotopic (exact) mass is 337 g/mol. The van der Waals surface area contributed by atoms with E-state index >= 15 is 0 Å². The minimum absolute atomic E-state index is 0.234. The van der Waals surface area contributed by atoms with Crippen LogP contribution < -0.4 is 5.48 Å². The van der Waals surface area contributed by atoms with Crippen molar-refractivity contribution < 1.29 is 19.5 Å². The summed E-state index contributed by atoms with van der Waals surface area (Å²) in [4.78, 5) is 27.5. The Labute approximate surface area is 124 Å². The third-order valence-electron chi connectivity index (χ3n) is 2.78. The molecule has 1 aromatic rings. The van der Waals surface area contributed by atoms with Gasteiger partial charge in [0.2, 0.25) is 0 Å². The molecule has 104 valence electrons. The second kappa shape index (κ2) is 6.38. The van der Waals surface area contributed by atoms with Gasteiger partial charge < -0.3 is 9.94 Å². The summed E-state index contributed by atoms with van der Waals surface area (Å²) in [6.07, 6.45) is 3.61. The van der Waals surface area contributed by atoms with Crippen LogP contribution >= 0.6 is 15.9 Å². The van der Waals surface area contributed by atoms with Crippen LogP contribution in [0, 0.1) is 0 Å². The first-order valence-corrected chi connectivity index (χ1v) is 6.69. The summed E-state index contributed by atoms with van der Waals surface area (Å²) in [7, 11) is 0. The molecule has 0 amide bonds. The third-order valence-corrected chi connectivity index (χ3v) is 3.31. The normalized spacial score (nSPS) is 14.1. The van der Waals surface area contributed by atoms with Crippen LogP contribution in [0.15, 0.2) is 52.0 Å². The maximum Gasteiger partial charge on any atom is 0.358 e. The number of benzene rings is 1. The fourth-order valence-electron chi connectivity index (χ4n) is 1.66. The summed E-state index contributed by atoms with van der Waals surface area (Å²) in [5.41, 5.74) is 3.95. The van der Waals surface area contributed by atoms with Crippen LogP contribution in [0.25, 0.3) is 0 Å². The highest BCUT2D eigenvalue weighted by molar-refractivity contribution is 9.10. The lowest BCUT2D eigenvalue weighted by Crippen LogP contribution is -2.15. The summed E-state index contributed by atoms with van der Waals surface area (Å²) < 4.78 is 0.927. The van der Waals surface area contributed by atoms with E-state index in [1.54, 1.807) is 18.2 Å². The van der Waals surface area contributed by atoms with Gasteiger partial charge >= 0.3 is 11.9 Å². The highest BCUT2D eigenvalue weighted by atomic mass is 79.9. The maximum absolute atomic E-state index is 11.8. The number of carboxylic acid groups (broad SMARTS) is 1. The van der Waals surface area contributed by atoms with Crippen LogP contribution in [0.1, 0.15) is 12.8 Å². The summed E-state index contributed by atoms with van der Waals surface area (Å²) in [6.45, 7) is 0. The minimum Gasteiger partial charge on any atom is -0.478 e. The van der Waals surface area contributed by atoms with E-state index in [0.717, 1.165) is 4.47 Å². The molecular weight excluding hydrogens is 326 g/mol. The molecule has 5 nitrogen and oxygen atoms in total. The highest BCUT2D eigenvalue weighted by Gasteiger charge is 2.17. The molecule has 6 heteroatoms. The second-order valence-corrected chi connectivity index (χ2v) is 5.09. The van der Waals surface area contributed by atoms with E-state index in [1.165, 1.54) is 6.08 Å². The Morgan fingerprint density at radius 2 is 1.70 bits per heavy atom. The number of aliphatic carboxylic acids is 1. The van der Waals surface area contributed by atoms with Gasteiger partial charge in [-0.2, -0.15) is 0 Å². The first kappa shape index (κ1) is 14.3. The van der Waals surface area contributed by atoms with Crippen molar-refractivity contribution in [3.8, 4) is 0 Å². The van der Waals surface area contributed by atoms with Crippen molar-refractivity contribution >= 4 is 33.6 Å². The SMILES string of the molecule is O=C(O)C1=CCC(C(=O)ONc2ccc(Br)cc2)=CC1. The van der Waals surface area contributed by atoms with Gasteiger partial charge in [-0.15, -0.1) is 0 Å². The number of nitrogens with one attached hydrogen (secondary N) is 1. The number of rotatable bonds is 4. The molecule has 1 aliphatic carbocycles. The Morgan fingerprint density at radius 3 is 2.25 bits per heavy atom. The van der Waals surface area contributed by atoms with Crippen molar-refractivity contribution in [1.82, 2.24) is 0 Å². The van der Waals surface area contributed by atoms with Crippen molar-refractivity contribution in [2.75, 3.05) is 5.48 Å². The molecule has 0 saturated carbocycles. The molecule has 0 radical (unpaired) electrons. The summed E-state index contributed by atoms with van der Waals surface area (Å²) in [5, 5.41) is 8.81. The van der Waals surface area contributed by atoms with Crippen LogP contribution in [0.3, 0.4) is 0 Å². The van der Waals surface area contributed by atoms with Gasteiger partial charge in [0.15, 0.2) is 0 Å². The molecule has 0 aliphatic heterocycles. The van der Waals surface area contributed by atoms with Gasteiger partial charge in [-0.25, -0.2) is 15.1 Å². The van der Waals surface area contributed by atoms with E-state index < -0.39 is 11.9 Å². The van der Waals surface area contributed by atoms with E-state index in [2.05, 4.69) is 21.4 Å². The zero-order chi connectivity index (χ0) is 14.5. The molecule has 0 atom stereocenters. The van der Waals surface area contributed by atoms with Crippen LogP contribution in [0.5, 0.6) is 0 Å². The van der Waals surface area contributed by atoms with E-state index in [9.17, 15) is 9.59 Å². The van der Waals surface area contributed by atoms with Crippen LogP contribution in [-0.2, 0) is 14.4 Å². The van der Waals surface area contributed by atoms with Crippen LogP contribution in [0.2, 0.25) is 0 Å². The van der Waals surface area contributed by atoms with E-state index in [4.69, 9.17) is 9.94 Å². The van der Waals surface area contributed by atoms with Gasteiger partial charge in [0.1, 0.15) is 0 Å². The van der Waals surface area contributed by atoms with Crippen molar-refractivity contribution in [3.05, 3.63) is 52.0 Å². The maximum atomic E-state index is 11.8. The first-order valence-electron chi connectivity index (χ1n) is 5.90. The van der Waals surface area contributed by atoms with E-state index in [0.29, 0.717) is 16.8 Å². The highest BCUT2D eigenvalue weighted by Crippen LogP contribution is 2.19. The molecule has 0 bridgehead atoms. The lowest BCUT2D eigenvalue weighted by molar-refractivity contribution is -0.136. The topological polar surface area (TPSA) is 75.6 Å². The van der Waals surface area contributed by atoms with Gasteiger partial charge in [0, 0.05) is 15.6 Å². The number of halogens is 1. The van der Waals surface area contributed by atoms with Gasteiger partial charge in [-0.1, -0.05) is 28.1 Å². The van der Waals surface area contributed by atoms with E-state index in [-0.39, 0.29) is 12.8 Å². The molecule has 1 aromatic carbocycles.